The van der Waals surface area contributed by atoms with Gasteiger partial charge in [0.2, 0.25) is 0 Å². The number of hydrogen-bond donors (Lipinski definition) is 0. The van der Waals surface area contributed by atoms with Gasteiger partial charge in [-0.3, -0.25) is 0 Å². The van der Waals surface area contributed by atoms with Gasteiger partial charge < -0.3 is 9.47 Å². The highest BCUT2D eigenvalue weighted by atomic mass is 15.1. The Morgan fingerprint density at radius 3 is 1.60 bits per heavy atom. The van der Waals surface area contributed by atoms with Crippen LogP contribution in [0.15, 0.2) is 267 Å². The highest BCUT2D eigenvalue weighted by molar-refractivity contribution is 6.11. The molecule has 72 heavy (non-hydrogen) atoms. The van der Waals surface area contributed by atoms with Gasteiger partial charge in [0, 0.05) is 38.8 Å². The monoisotopic (exact) mass is 918 g/mol. The minimum Gasteiger partial charge on any atom is -0.310 e. The maximum absolute atomic E-state index is 2.51. The number of hydrogen-bond acceptors (Lipinski definition) is 1. The van der Waals surface area contributed by atoms with E-state index in [-0.39, 0.29) is 5.41 Å². The molecule has 0 aliphatic heterocycles. The van der Waals surface area contributed by atoms with Crippen LogP contribution in [0.1, 0.15) is 47.2 Å². The van der Waals surface area contributed by atoms with Gasteiger partial charge in [0.05, 0.1) is 22.1 Å². The molecule has 12 aromatic rings. The number of aromatic nitrogens is 1. The molecule has 14 rings (SSSR count). The number of anilines is 3. The third-order valence-corrected chi connectivity index (χ3v) is 15.9. The molecule has 2 aliphatic carbocycles. The maximum Gasteiger partial charge on any atom is 0.0714 e. The van der Waals surface area contributed by atoms with Gasteiger partial charge in [-0.1, -0.05) is 214 Å². The van der Waals surface area contributed by atoms with Gasteiger partial charge in [-0.15, -0.1) is 0 Å². The summed E-state index contributed by atoms with van der Waals surface area (Å²) >= 11 is 0. The summed E-state index contributed by atoms with van der Waals surface area (Å²) in [5, 5.41) is 2.47. The van der Waals surface area contributed by atoms with E-state index in [0.29, 0.717) is 0 Å². The Hall–Kier alpha value is -8.98. The van der Waals surface area contributed by atoms with Gasteiger partial charge in [0.1, 0.15) is 0 Å². The smallest absolute Gasteiger partial charge is 0.0714 e. The van der Waals surface area contributed by atoms with Crippen LogP contribution in [0.2, 0.25) is 0 Å². The molecule has 0 fully saturated rings. The second-order valence-corrected chi connectivity index (χ2v) is 20.0. The number of fused-ring (bicyclic) bond motifs is 9. The molecule has 0 N–H and O–H groups in total. The summed E-state index contributed by atoms with van der Waals surface area (Å²) in [6, 6.07) is 98.8. The van der Waals surface area contributed by atoms with Crippen LogP contribution in [0.3, 0.4) is 0 Å². The predicted octanol–water partition coefficient (Wildman–Crippen LogP) is 18.3. The van der Waals surface area contributed by atoms with E-state index in [1.54, 1.807) is 0 Å². The fourth-order valence-electron chi connectivity index (χ4n) is 12.6. The lowest BCUT2D eigenvalue weighted by Gasteiger charge is -2.34. The minimum absolute atomic E-state index is 0.0425. The van der Waals surface area contributed by atoms with Gasteiger partial charge in [-0.05, 0) is 139 Å². The molecule has 2 heteroatoms. The molecular weight excluding hydrogens is 869 g/mol. The van der Waals surface area contributed by atoms with Crippen LogP contribution in [0.4, 0.5) is 17.1 Å². The van der Waals surface area contributed by atoms with Crippen molar-refractivity contribution in [3.63, 3.8) is 0 Å². The van der Waals surface area contributed by atoms with Crippen molar-refractivity contribution in [2.75, 3.05) is 4.90 Å². The summed E-state index contributed by atoms with van der Waals surface area (Å²) in [5.41, 5.74) is 24.3. The lowest BCUT2D eigenvalue weighted by molar-refractivity contribution is 0.660. The molecule has 0 saturated heterocycles. The average Bonchev–Trinajstić information content (AvgIpc) is 4.03. The summed E-state index contributed by atoms with van der Waals surface area (Å²) in [6.45, 7) is 4.68. The van der Waals surface area contributed by atoms with Gasteiger partial charge >= 0.3 is 0 Å². The third kappa shape index (κ3) is 6.22. The Labute approximate surface area is 421 Å². The fourth-order valence-corrected chi connectivity index (χ4v) is 12.6. The quantitative estimate of drug-likeness (QED) is 0.147. The van der Waals surface area contributed by atoms with Crippen molar-refractivity contribution in [3.8, 4) is 50.2 Å². The summed E-state index contributed by atoms with van der Waals surface area (Å²) in [4.78, 5) is 2.38. The highest BCUT2D eigenvalue weighted by Gasteiger charge is 2.47. The molecule has 1 heterocycles. The Morgan fingerprint density at radius 2 is 0.847 bits per heavy atom. The van der Waals surface area contributed by atoms with E-state index >= 15 is 0 Å². The Bertz CT molecular complexity index is 4010. The first-order chi connectivity index (χ1) is 35.5. The lowest BCUT2D eigenvalue weighted by Crippen LogP contribution is -2.28. The van der Waals surface area contributed by atoms with Crippen molar-refractivity contribution in [1.82, 2.24) is 4.57 Å². The van der Waals surface area contributed by atoms with Gasteiger partial charge in [-0.25, -0.2) is 0 Å². The van der Waals surface area contributed by atoms with Crippen LogP contribution >= 0.6 is 0 Å². The molecule has 1 aromatic heterocycles. The number of rotatable bonds is 8. The molecule has 0 spiro atoms. The summed E-state index contributed by atoms with van der Waals surface area (Å²) in [7, 11) is 0. The van der Waals surface area contributed by atoms with Crippen LogP contribution in [0.25, 0.3) is 72.0 Å². The van der Waals surface area contributed by atoms with Crippen LogP contribution in [-0.2, 0) is 10.8 Å². The van der Waals surface area contributed by atoms with Crippen LogP contribution in [0, 0.1) is 0 Å². The van der Waals surface area contributed by atoms with Crippen molar-refractivity contribution in [1.29, 1.82) is 0 Å². The first-order valence-corrected chi connectivity index (χ1v) is 25.2. The normalized spacial score (nSPS) is 13.6. The second kappa shape index (κ2) is 16.3. The van der Waals surface area contributed by atoms with Crippen molar-refractivity contribution in [2.45, 2.75) is 24.7 Å². The Morgan fingerprint density at radius 1 is 0.319 bits per heavy atom. The molecule has 0 unspecified atom stereocenters. The molecule has 0 bridgehead atoms. The van der Waals surface area contributed by atoms with Gasteiger partial charge in [0.25, 0.3) is 0 Å². The molecule has 0 radical (unpaired) electrons. The molecule has 0 amide bonds. The molecule has 11 aromatic carbocycles. The zero-order valence-electron chi connectivity index (χ0n) is 40.3. The molecule has 340 valence electrons. The van der Waals surface area contributed by atoms with E-state index in [0.717, 1.165) is 17.1 Å². The molecule has 0 saturated carbocycles. The van der Waals surface area contributed by atoms with Crippen LogP contribution in [-0.4, -0.2) is 4.57 Å². The van der Waals surface area contributed by atoms with E-state index in [4.69, 9.17) is 0 Å². The largest absolute Gasteiger partial charge is 0.310 e. The molecule has 2 nitrogen and oxygen atoms in total. The average molecular weight is 919 g/mol. The summed E-state index contributed by atoms with van der Waals surface area (Å²) < 4.78 is 2.51. The molecule has 2 aliphatic rings. The van der Waals surface area contributed by atoms with E-state index in [1.165, 1.54) is 105 Å². The predicted molar refractivity (Wildman–Crippen MR) is 301 cm³/mol. The van der Waals surface area contributed by atoms with Crippen molar-refractivity contribution in [2.24, 2.45) is 0 Å². The zero-order valence-corrected chi connectivity index (χ0v) is 40.3. The lowest BCUT2D eigenvalue weighted by atomic mass is 9.68. The number of benzene rings is 11. The molecular formula is C70H50N2. The third-order valence-electron chi connectivity index (χ3n) is 15.9. The van der Waals surface area contributed by atoms with Crippen molar-refractivity contribution in [3.05, 3.63) is 300 Å². The second-order valence-electron chi connectivity index (χ2n) is 20.0. The highest BCUT2D eigenvalue weighted by Crippen LogP contribution is 2.58. The number of para-hydroxylation sites is 2. The van der Waals surface area contributed by atoms with Crippen molar-refractivity contribution >= 4 is 38.9 Å². The maximum atomic E-state index is 2.51. The summed E-state index contributed by atoms with van der Waals surface area (Å²) in [5.74, 6) is 0. The van der Waals surface area contributed by atoms with E-state index in [9.17, 15) is 0 Å². The van der Waals surface area contributed by atoms with E-state index < -0.39 is 5.41 Å². The van der Waals surface area contributed by atoms with Crippen LogP contribution in [0.5, 0.6) is 0 Å². The SMILES string of the molecule is CC1(C)c2ccccc2-c2cc(N(c3ccccc3)c3ccc(-c4cccc(-c5ccc6c(c5)c5ccccc5n6-c5cccc6c5-c5ccccc5C6(c5ccccc5)c5ccccc5)c4)cc3)ccc21. The first-order valence-electron chi connectivity index (χ1n) is 25.2. The Balaban J connectivity index is 0.853. The van der Waals surface area contributed by atoms with Gasteiger partial charge in [-0.2, -0.15) is 0 Å². The van der Waals surface area contributed by atoms with E-state index in [2.05, 4.69) is 290 Å². The summed E-state index contributed by atoms with van der Waals surface area (Å²) in [6.07, 6.45) is 0. The van der Waals surface area contributed by atoms with E-state index in [1.807, 2.05) is 0 Å². The molecule has 0 atom stereocenters. The van der Waals surface area contributed by atoms with Gasteiger partial charge in [0.15, 0.2) is 0 Å². The Kier molecular flexibility index (Phi) is 9.50. The first kappa shape index (κ1) is 41.9. The van der Waals surface area contributed by atoms with Crippen LogP contribution < -0.4 is 4.90 Å². The topological polar surface area (TPSA) is 8.17 Å². The number of nitrogens with zero attached hydrogens (tertiary/aromatic N) is 2. The minimum atomic E-state index is -0.476. The van der Waals surface area contributed by atoms with Crippen molar-refractivity contribution < 1.29 is 0 Å². The zero-order chi connectivity index (χ0) is 48.0. The standard InChI is InChI=1S/C70H50N2/c1-69(2)61-31-15-12-28-56(61)59-46-55(41-42-62(59)69)71(53-26-10-5-11-27-53)54-39-36-47(37-40-54)48-20-18-21-49(44-48)50-38-43-66-60(45-50)57-29-14-17-34-65(57)72(66)67-35-19-33-64-68(67)58-30-13-16-32-63(58)70(64,51-22-6-3-7-23-51)52-24-8-4-9-25-52/h3-46H,1-2H3. The fraction of sp³-hybridized carbons (Fsp3) is 0.0571.